The van der Waals surface area contributed by atoms with Gasteiger partial charge in [0.15, 0.2) is 17.3 Å². The number of urea groups is 1. The van der Waals surface area contributed by atoms with Crippen LogP contribution >= 0.6 is 0 Å². The molecule has 1 aromatic heterocycles. The molecule has 1 aromatic carbocycles. The van der Waals surface area contributed by atoms with E-state index in [2.05, 4.69) is 15.6 Å². The van der Waals surface area contributed by atoms with Crippen LogP contribution < -0.4 is 5.32 Å². The Kier molecular flexibility index (Phi) is 5.10. The number of anilines is 1. The molecule has 2 heterocycles. The Morgan fingerprint density at radius 1 is 1.31 bits per heavy atom. The van der Waals surface area contributed by atoms with Gasteiger partial charge in [-0.3, -0.25) is 4.68 Å². The van der Waals surface area contributed by atoms with Gasteiger partial charge in [0, 0.05) is 31.4 Å². The number of carboxylic acid groups (broad SMARTS) is 1. The standard InChI is InChI=1S/C16H17F2N5O3/c17-12-4-3-11(6-13(12)18)19-16(26)22-5-1-2-10(7-22)8-23-9-14(15(24)25)20-21-23/h3-4,6,9-10H,1-2,5,7-8H2,(H,19,26)(H,24,25)/t10-/m1/s1. The number of halogens is 2. The highest BCUT2D eigenvalue weighted by Gasteiger charge is 2.25. The number of likely N-dealkylation sites (tertiary alicyclic amines) is 1. The fraction of sp³-hybridized carbons (Fsp3) is 0.375. The van der Waals surface area contributed by atoms with Crippen LogP contribution in [0, 0.1) is 17.6 Å². The smallest absolute Gasteiger partial charge is 0.358 e. The molecule has 26 heavy (non-hydrogen) atoms. The van der Waals surface area contributed by atoms with Crippen LogP contribution in [-0.4, -0.2) is 50.1 Å². The Bertz CT molecular complexity index is 826. The highest BCUT2D eigenvalue weighted by Crippen LogP contribution is 2.20. The number of benzene rings is 1. The van der Waals surface area contributed by atoms with Crippen LogP contribution in [0.1, 0.15) is 23.3 Å². The van der Waals surface area contributed by atoms with E-state index in [0.29, 0.717) is 19.6 Å². The first-order chi connectivity index (χ1) is 12.4. The topological polar surface area (TPSA) is 100 Å². The van der Waals surface area contributed by atoms with Gasteiger partial charge >= 0.3 is 12.0 Å². The van der Waals surface area contributed by atoms with Gasteiger partial charge in [-0.1, -0.05) is 5.21 Å². The van der Waals surface area contributed by atoms with E-state index in [0.717, 1.165) is 25.0 Å². The number of hydrogen-bond donors (Lipinski definition) is 2. The van der Waals surface area contributed by atoms with Crippen molar-refractivity contribution in [3.05, 3.63) is 41.7 Å². The molecule has 2 amide bonds. The minimum Gasteiger partial charge on any atom is -0.476 e. The summed E-state index contributed by atoms with van der Waals surface area (Å²) in [5.74, 6) is -3.07. The second-order valence-corrected chi connectivity index (χ2v) is 6.14. The van der Waals surface area contributed by atoms with E-state index in [9.17, 15) is 18.4 Å². The normalized spacial score (nSPS) is 17.2. The number of nitrogens with zero attached hydrogens (tertiary/aromatic N) is 4. The fourth-order valence-electron chi connectivity index (χ4n) is 2.93. The number of aromatic carboxylic acids is 1. The summed E-state index contributed by atoms with van der Waals surface area (Å²) >= 11 is 0. The molecule has 0 saturated carbocycles. The highest BCUT2D eigenvalue weighted by atomic mass is 19.2. The average Bonchev–Trinajstić information content (AvgIpc) is 3.07. The summed E-state index contributed by atoms with van der Waals surface area (Å²) in [6, 6.07) is 2.78. The molecule has 3 rings (SSSR count). The average molecular weight is 365 g/mol. The lowest BCUT2D eigenvalue weighted by Crippen LogP contribution is -2.43. The van der Waals surface area contributed by atoms with Crippen molar-refractivity contribution in [3.63, 3.8) is 0 Å². The third-order valence-electron chi connectivity index (χ3n) is 4.18. The van der Waals surface area contributed by atoms with Crippen molar-refractivity contribution in [2.75, 3.05) is 18.4 Å². The molecule has 2 N–H and O–H groups in total. The molecule has 1 saturated heterocycles. The molecule has 0 bridgehead atoms. The van der Waals surface area contributed by atoms with Crippen LogP contribution in [0.2, 0.25) is 0 Å². The number of carbonyl (C=O) groups is 2. The maximum absolute atomic E-state index is 13.2. The largest absolute Gasteiger partial charge is 0.476 e. The summed E-state index contributed by atoms with van der Waals surface area (Å²) in [6.07, 6.45) is 2.98. The molecule has 0 aliphatic carbocycles. The molecule has 138 valence electrons. The van der Waals surface area contributed by atoms with E-state index in [1.165, 1.54) is 16.9 Å². The van der Waals surface area contributed by atoms with E-state index in [-0.39, 0.29) is 17.3 Å². The first-order valence-corrected chi connectivity index (χ1v) is 8.07. The second-order valence-electron chi connectivity index (χ2n) is 6.14. The molecule has 0 unspecified atom stereocenters. The quantitative estimate of drug-likeness (QED) is 0.865. The van der Waals surface area contributed by atoms with E-state index in [1.54, 1.807) is 4.90 Å². The summed E-state index contributed by atoms with van der Waals surface area (Å²) < 4.78 is 27.6. The molecule has 0 spiro atoms. The van der Waals surface area contributed by atoms with Gasteiger partial charge in [-0.25, -0.2) is 18.4 Å². The van der Waals surface area contributed by atoms with Crippen molar-refractivity contribution in [1.82, 2.24) is 19.9 Å². The third kappa shape index (κ3) is 4.13. The SMILES string of the molecule is O=C(O)c1cn(C[C@@H]2CCCN(C(=O)Nc3ccc(F)c(F)c3)C2)nn1. The van der Waals surface area contributed by atoms with Crippen molar-refractivity contribution in [2.24, 2.45) is 5.92 Å². The maximum Gasteiger partial charge on any atom is 0.358 e. The molecule has 10 heteroatoms. The van der Waals surface area contributed by atoms with Crippen LogP contribution in [-0.2, 0) is 6.54 Å². The number of carbonyl (C=O) groups excluding carboxylic acids is 1. The van der Waals surface area contributed by atoms with E-state index in [4.69, 9.17) is 5.11 Å². The van der Waals surface area contributed by atoms with Gasteiger partial charge in [0.05, 0.1) is 6.20 Å². The van der Waals surface area contributed by atoms with Crippen LogP contribution in [0.3, 0.4) is 0 Å². The molecule has 1 aliphatic rings. The number of amides is 2. The van der Waals surface area contributed by atoms with Gasteiger partial charge < -0.3 is 15.3 Å². The molecule has 1 atom stereocenters. The number of carboxylic acids is 1. The Morgan fingerprint density at radius 2 is 2.12 bits per heavy atom. The van der Waals surface area contributed by atoms with Crippen molar-refractivity contribution in [2.45, 2.75) is 19.4 Å². The fourth-order valence-corrected chi connectivity index (χ4v) is 2.93. The van der Waals surface area contributed by atoms with Gasteiger partial charge in [-0.2, -0.15) is 0 Å². The maximum atomic E-state index is 13.2. The van der Waals surface area contributed by atoms with Gasteiger partial charge in [0.2, 0.25) is 0 Å². The minimum atomic E-state index is -1.15. The van der Waals surface area contributed by atoms with E-state index < -0.39 is 23.6 Å². The van der Waals surface area contributed by atoms with E-state index in [1.807, 2.05) is 0 Å². The highest BCUT2D eigenvalue weighted by molar-refractivity contribution is 5.89. The molecular weight excluding hydrogens is 348 g/mol. The van der Waals surface area contributed by atoms with E-state index >= 15 is 0 Å². The predicted molar refractivity (Wildman–Crippen MR) is 86.7 cm³/mol. The monoisotopic (exact) mass is 365 g/mol. The first kappa shape index (κ1) is 17.8. The minimum absolute atomic E-state index is 0.0859. The molecule has 8 nitrogen and oxygen atoms in total. The molecule has 1 aliphatic heterocycles. The van der Waals surface area contributed by atoms with Gasteiger partial charge in [-0.15, -0.1) is 5.10 Å². The summed E-state index contributed by atoms with van der Waals surface area (Å²) in [7, 11) is 0. The third-order valence-corrected chi connectivity index (χ3v) is 4.18. The number of nitrogens with one attached hydrogen (secondary N) is 1. The molecular formula is C16H17F2N5O3. The van der Waals surface area contributed by atoms with Gasteiger partial charge in [0.25, 0.3) is 0 Å². The number of piperidine rings is 1. The molecule has 2 aromatic rings. The van der Waals surface area contributed by atoms with Gasteiger partial charge in [0.1, 0.15) is 0 Å². The lowest BCUT2D eigenvalue weighted by atomic mass is 9.98. The van der Waals surface area contributed by atoms with Gasteiger partial charge in [-0.05, 0) is 30.9 Å². The first-order valence-electron chi connectivity index (χ1n) is 8.07. The zero-order chi connectivity index (χ0) is 18.7. The van der Waals surface area contributed by atoms with Crippen molar-refractivity contribution >= 4 is 17.7 Å². The zero-order valence-electron chi connectivity index (χ0n) is 13.7. The Labute approximate surface area is 147 Å². The van der Waals surface area contributed by atoms with Crippen LogP contribution in [0.5, 0.6) is 0 Å². The lowest BCUT2D eigenvalue weighted by molar-refractivity contribution is 0.0690. The Morgan fingerprint density at radius 3 is 2.81 bits per heavy atom. The molecule has 0 radical (unpaired) electrons. The molecule has 1 fully saturated rings. The van der Waals surface area contributed by atoms with Crippen molar-refractivity contribution < 1.29 is 23.5 Å². The number of rotatable bonds is 4. The lowest BCUT2D eigenvalue weighted by Gasteiger charge is -2.32. The second kappa shape index (κ2) is 7.46. The zero-order valence-corrected chi connectivity index (χ0v) is 13.7. The van der Waals surface area contributed by atoms with Crippen molar-refractivity contribution in [1.29, 1.82) is 0 Å². The van der Waals surface area contributed by atoms with Crippen LogP contribution in [0.4, 0.5) is 19.3 Å². The summed E-state index contributed by atoms with van der Waals surface area (Å²) in [6.45, 7) is 1.43. The summed E-state index contributed by atoms with van der Waals surface area (Å²) in [5.41, 5.74) is 0.0483. The predicted octanol–water partition coefficient (Wildman–Crippen LogP) is 2.20. The van der Waals surface area contributed by atoms with Crippen LogP contribution in [0.15, 0.2) is 24.4 Å². The summed E-state index contributed by atoms with van der Waals surface area (Å²) in [4.78, 5) is 24.8. The van der Waals surface area contributed by atoms with Crippen LogP contribution in [0.25, 0.3) is 0 Å². The Balaban J connectivity index is 1.59. The Hall–Kier alpha value is -3.04. The van der Waals surface area contributed by atoms with Crippen molar-refractivity contribution in [3.8, 4) is 0 Å². The number of hydrogen-bond acceptors (Lipinski definition) is 4. The number of aromatic nitrogens is 3. The summed E-state index contributed by atoms with van der Waals surface area (Å²) in [5, 5.41) is 18.8.